The number of aliphatic hydroxyl groups excluding tert-OH is 2. The van der Waals surface area contributed by atoms with Crippen LogP contribution in [0.25, 0.3) is 10.8 Å². The molecule has 0 radical (unpaired) electrons. The van der Waals surface area contributed by atoms with Gasteiger partial charge in [0.05, 0.1) is 49.8 Å². The van der Waals surface area contributed by atoms with Gasteiger partial charge >= 0.3 is 11.9 Å². The Morgan fingerprint density at radius 2 is 1.36 bits per heavy atom. The topological polar surface area (TPSA) is 112 Å². The molecule has 0 amide bonds. The second-order valence-corrected chi connectivity index (χ2v) is 10.2. The van der Waals surface area contributed by atoms with Crippen molar-refractivity contribution in [2.45, 2.75) is 50.2 Å². The van der Waals surface area contributed by atoms with Crippen LogP contribution in [0.1, 0.15) is 42.7 Å². The van der Waals surface area contributed by atoms with Gasteiger partial charge in [0.25, 0.3) is 6.08 Å². The molecular weight excluding hydrogens is 550 g/mol. The number of hydrogen-bond donors (Lipinski definition) is 2. The van der Waals surface area contributed by atoms with Gasteiger partial charge in [0, 0.05) is 0 Å². The van der Waals surface area contributed by atoms with Crippen molar-refractivity contribution >= 4 is 22.7 Å². The maximum Gasteiger partial charge on any atom is 0.335 e. The molecule has 1 saturated carbocycles. The third-order valence-corrected chi connectivity index (χ3v) is 7.05. The summed E-state index contributed by atoms with van der Waals surface area (Å²) in [6, 6.07) is 12.2. The molecule has 2 unspecified atom stereocenters. The molecule has 10 heteroatoms. The van der Waals surface area contributed by atoms with Crippen molar-refractivity contribution < 1.29 is 47.5 Å². The Morgan fingerprint density at radius 3 is 1.90 bits per heavy atom. The molecule has 1 fully saturated rings. The van der Waals surface area contributed by atoms with Crippen molar-refractivity contribution in [3.05, 3.63) is 84.0 Å². The number of carbonyl (C=O) groups excluding carboxylic acids is 2. The molecule has 3 rings (SSSR count). The molecule has 42 heavy (non-hydrogen) atoms. The van der Waals surface area contributed by atoms with E-state index in [4.69, 9.17) is 29.2 Å². The van der Waals surface area contributed by atoms with Crippen molar-refractivity contribution in [3.8, 4) is 0 Å². The lowest BCUT2D eigenvalue weighted by atomic mass is 9.80. The average molecular weight is 589 g/mol. The number of hydrogen-bond acceptors (Lipinski definition) is 8. The lowest BCUT2D eigenvalue weighted by Crippen LogP contribution is -2.34. The van der Waals surface area contributed by atoms with Gasteiger partial charge in [0.1, 0.15) is 13.2 Å². The van der Waals surface area contributed by atoms with Gasteiger partial charge in [-0.2, -0.15) is 8.78 Å². The Balaban J connectivity index is 1.65. The fourth-order valence-corrected chi connectivity index (χ4v) is 4.86. The van der Waals surface area contributed by atoms with Crippen molar-refractivity contribution in [1.29, 1.82) is 0 Å². The fourth-order valence-electron chi connectivity index (χ4n) is 4.86. The summed E-state index contributed by atoms with van der Waals surface area (Å²) in [4.78, 5) is 23.5. The van der Waals surface area contributed by atoms with Crippen LogP contribution in [-0.2, 0) is 35.0 Å². The minimum atomic E-state index is -1.67. The molecule has 2 aromatic rings. The molecular formula is C32H38F2O8. The minimum Gasteiger partial charge on any atom is -0.460 e. The monoisotopic (exact) mass is 588 g/mol. The molecule has 0 saturated heterocycles. The van der Waals surface area contributed by atoms with Gasteiger partial charge in [-0.25, -0.2) is 9.59 Å². The van der Waals surface area contributed by atoms with Crippen LogP contribution in [0.4, 0.5) is 8.78 Å². The number of ether oxygens (including phenoxy) is 4. The van der Waals surface area contributed by atoms with E-state index in [1.165, 1.54) is 0 Å². The van der Waals surface area contributed by atoms with Gasteiger partial charge < -0.3 is 29.2 Å². The van der Waals surface area contributed by atoms with Crippen LogP contribution in [-0.4, -0.2) is 74.0 Å². The number of fused-ring (bicyclic) bond motifs is 1. The van der Waals surface area contributed by atoms with Gasteiger partial charge in [-0.1, -0.05) is 49.6 Å². The molecule has 0 spiro atoms. The van der Waals surface area contributed by atoms with E-state index < -0.39 is 31.2 Å². The molecule has 1 aliphatic carbocycles. The van der Waals surface area contributed by atoms with E-state index in [0.29, 0.717) is 25.7 Å². The maximum absolute atomic E-state index is 12.4. The van der Waals surface area contributed by atoms with Crippen molar-refractivity contribution in [3.63, 3.8) is 0 Å². The lowest BCUT2D eigenvalue weighted by molar-refractivity contribution is -0.143. The molecule has 2 aromatic carbocycles. The normalized spacial score (nSPS) is 18.3. The number of esters is 2. The summed E-state index contributed by atoms with van der Waals surface area (Å²) in [5, 5.41) is 20.1. The van der Waals surface area contributed by atoms with E-state index >= 15 is 0 Å². The van der Waals surface area contributed by atoms with E-state index in [9.17, 15) is 18.4 Å². The number of halogens is 2. The Hall–Kier alpha value is -3.44. The highest BCUT2D eigenvalue weighted by molar-refractivity contribution is 5.88. The quantitative estimate of drug-likeness (QED) is 0.164. The lowest BCUT2D eigenvalue weighted by Gasteiger charge is -2.35. The highest BCUT2D eigenvalue weighted by atomic mass is 19.3. The fraction of sp³-hybridized carbons (Fsp3) is 0.438. The summed E-state index contributed by atoms with van der Waals surface area (Å²) in [6.07, 6.45) is 1.72. The number of carbonyl (C=O) groups is 2. The first-order valence-electron chi connectivity index (χ1n) is 13.9. The van der Waals surface area contributed by atoms with E-state index in [1.807, 2.05) is 24.3 Å². The molecule has 2 N–H and O–H groups in total. The molecule has 0 heterocycles. The van der Waals surface area contributed by atoms with Gasteiger partial charge in [-0.15, -0.1) is 0 Å². The second-order valence-electron chi connectivity index (χ2n) is 10.2. The first kappa shape index (κ1) is 33.1. The van der Waals surface area contributed by atoms with Crippen LogP contribution in [0.5, 0.6) is 0 Å². The summed E-state index contributed by atoms with van der Waals surface area (Å²) < 4.78 is 47.0. The molecule has 0 bridgehead atoms. The van der Waals surface area contributed by atoms with Gasteiger partial charge in [0.2, 0.25) is 0 Å². The van der Waals surface area contributed by atoms with Gasteiger partial charge in [-0.3, -0.25) is 0 Å². The van der Waals surface area contributed by atoms with Crippen LogP contribution < -0.4 is 0 Å². The third-order valence-electron chi connectivity index (χ3n) is 7.05. The first-order valence-corrected chi connectivity index (χ1v) is 13.9. The van der Waals surface area contributed by atoms with Crippen LogP contribution in [0.15, 0.2) is 72.9 Å². The third kappa shape index (κ3) is 10.4. The number of benzene rings is 2. The zero-order valence-electron chi connectivity index (χ0n) is 23.6. The largest absolute Gasteiger partial charge is 0.460 e. The molecule has 8 nitrogen and oxygen atoms in total. The summed E-state index contributed by atoms with van der Waals surface area (Å²) in [7, 11) is 0. The zero-order chi connectivity index (χ0) is 30.5. The minimum absolute atomic E-state index is 0.0152. The van der Waals surface area contributed by atoms with Crippen LogP contribution in [0.3, 0.4) is 0 Å². The number of rotatable bonds is 16. The summed E-state index contributed by atoms with van der Waals surface area (Å²) in [5.74, 6) is -1.25. The predicted octanol–water partition coefficient (Wildman–Crippen LogP) is 4.77. The van der Waals surface area contributed by atoms with E-state index in [2.05, 4.69) is 25.3 Å². The highest BCUT2D eigenvalue weighted by Gasteiger charge is 2.31. The van der Waals surface area contributed by atoms with Gasteiger partial charge in [-0.05, 0) is 66.0 Å². The van der Waals surface area contributed by atoms with Crippen molar-refractivity contribution in [1.82, 2.24) is 0 Å². The van der Waals surface area contributed by atoms with E-state index in [-0.39, 0.29) is 62.1 Å². The average Bonchev–Trinajstić information content (AvgIpc) is 2.99. The Bertz CT molecular complexity index is 1230. The number of allylic oxidation sites excluding steroid dienone is 1. The Morgan fingerprint density at radius 1 is 0.810 bits per heavy atom. The van der Waals surface area contributed by atoms with Gasteiger partial charge in [0.15, 0.2) is 0 Å². The Kier molecular flexibility index (Phi) is 13.3. The van der Waals surface area contributed by atoms with Crippen molar-refractivity contribution in [2.24, 2.45) is 0 Å². The molecule has 228 valence electrons. The summed E-state index contributed by atoms with van der Waals surface area (Å²) in [6.45, 7) is 6.29. The standard InChI is InChI=1S/C32H38F2O8/c1-21(19-35)31(37)41-12-10-39-28-16-27(17-29(18-28)40-11-13-42-32(38)22(2)20-36)26-9-8-24-14-23(4-3-5-30(33)34)6-7-25(24)15-26/h5-9,14-15,27-29,35-36H,1-4,10-13,16-20H2. The highest BCUT2D eigenvalue weighted by Crippen LogP contribution is 2.37. The maximum atomic E-state index is 12.4. The number of aliphatic hydroxyl groups is 2. The van der Waals surface area contributed by atoms with Crippen LogP contribution in [0, 0.1) is 0 Å². The van der Waals surface area contributed by atoms with Crippen molar-refractivity contribution in [2.75, 3.05) is 39.6 Å². The van der Waals surface area contributed by atoms with Crippen LogP contribution >= 0.6 is 0 Å². The molecule has 0 aromatic heterocycles. The second kappa shape index (κ2) is 16.9. The Labute approximate surface area is 244 Å². The molecule has 0 aliphatic heterocycles. The first-order chi connectivity index (χ1) is 20.2. The molecule has 2 atom stereocenters. The van der Waals surface area contributed by atoms with E-state index in [1.54, 1.807) is 0 Å². The predicted molar refractivity (Wildman–Crippen MR) is 153 cm³/mol. The summed E-state index contributed by atoms with van der Waals surface area (Å²) >= 11 is 0. The number of aryl methyl sites for hydroxylation is 1. The zero-order valence-corrected chi connectivity index (χ0v) is 23.6. The summed E-state index contributed by atoms with van der Waals surface area (Å²) in [5.41, 5.74) is 2.03. The SMILES string of the molecule is C=C(CO)C(=O)OCCOC1CC(OCCOC(=O)C(=C)CO)CC(c2ccc3cc(CCC=C(F)F)ccc3c2)C1. The smallest absolute Gasteiger partial charge is 0.335 e. The molecule has 1 aliphatic rings. The van der Waals surface area contributed by atoms with Crippen LogP contribution in [0.2, 0.25) is 0 Å². The van der Waals surface area contributed by atoms with E-state index in [0.717, 1.165) is 28.0 Å².